The molecule has 0 fully saturated rings. The summed E-state index contributed by atoms with van der Waals surface area (Å²) >= 11 is 0. The van der Waals surface area contributed by atoms with Crippen LogP contribution in [0.5, 0.6) is 0 Å². The lowest BCUT2D eigenvalue weighted by molar-refractivity contribution is -0.123. The van der Waals surface area contributed by atoms with Crippen LogP contribution in [0.2, 0.25) is 0 Å². The highest BCUT2D eigenvalue weighted by Gasteiger charge is 2.19. The fourth-order valence-electron chi connectivity index (χ4n) is 1.94. The fourth-order valence-corrected chi connectivity index (χ4v) is 1.94. The number of carbonyl (C=O) groups is 1. The summed E-state index contributed by atoms with van der Waals surface area (Å²) in [5, 5.41) is 6.71. The van der Waals surface area contributed by atoms with Crippen molar-refractivity contribution in [1.29, 1.82) is 0 Å². The van der Waals surface area contributed by atoms with Gasteiger partial charge in [-0.05, 0) is 25.5 Å². The molecule has 2 unspecified atom stereocenters. The number of nitrogens with zero attached hydrogens (tertiary/aromatic N) is 2. The van der Waals surface area contributed by atoms with Gasteiger partial charge in [-0.1, -0.05) is 36.7 Å². The lowest BCUT2D eigenvalue weighted by atomic mass is 10.1. The van der Waals surface area contributed by atoms with Gasteiger partial charge in [0.2, 0.25) is 5.91 Å². The molecule has 22 heavy (non-hydrogen) atoms. The number of nitrogens with two attached hydrogens (primary N) is 1. The fraction of sp³-hybridized carbons (Fsp3) is 0.400. The maximum Gasteiger partial charge on any atom is 0.257 e. The summed E-state index contributed by atoms with van der Waals surface area (Å²) in [6.45, 7) is 3.79. The van der Waals surface area contributed by atoms with E-state index in [1.165, 1.54) is 0 Å². The molecule has 2 rings (SSSR count). The Morgan fingerprint density at radius 1 is 1.36 bits per heavy atom. The molecule has 1 aromatic heterocycles. The average Bonchev–Trinajstić information content (AvgIpc) is 2.98. The highest BCUT2D eigenvalue weighted by molar-refractivity contribution is 5.85. The largest absolute Gasteiger partial charge is 0.345 e. The van der Waals surface area contributed by atoms with Crippen LogP contribution < -0.4 is 11.1 Å². The van der Waals surface area contributed by atoms with Crippen LogP contribution >= 0.6 is 12.4 Å². The second kappa shape index (κ2) is 8.51. The molecule has 0 bridgehead atoms. The molecule has 0 spiro atoms. The molecule has 1 aromatic carbocycles. The predicted molar refractivity (Wildman–Crippen MR) is 86.4 cm³/mol. The number of halogens is 1. The summed E-state index contributed by atoms with van der Waals surface area (Å²) < 4.78 is 5.22. The predicted octanol–water partition coefficient (Wildman–Crippen LogP) is 2.46. The van der Waals surface area contributed by atoms with E-state index in [2.05, 4.69) is 15.5 Å². The van der Waals surface area contributed by atoms with E-state index in [9.17, 15) is 4.79 Å². The van der Waals surface area contributed by atoms with E-state index in [1.807, 2.05) is 37.3 Å². The van der Waals surface area contributed by atoms with Gasteiger partial charge in [0, 0.05) is 5.56 Å². The molecule has 0 saturated carbocycles. The number of carbonyl (C=O) groups excluding carboxylic acids is 1. The maximum absolute atomic E-state index is 11.9. The minimum atomic E-state index is -0.502. The van der Waals surface area contributed by atoms with Gasteiger partial charge < -0.3 is 15.6 Å². The van der Waals surface area contributed by atoms with Gasteiger partial charge in [-0.3, -0.25) is 4.79 Å². The first kappa shape index (κ1) is 18.1. The van der Waals surface area contributed by atoms with E-state index in [0.717, 1.165) is 12.0 Å². The third kappa shape index (κ3) is 4.54. The molecule has 120 valence electrons. The Balaban J connectivity index is 0.00000242. The molecular formula is C15H21ClN4O2. The molecule has 2 atom stereocenters. The molecule has 0 aliphatic rings. The first-order valence-electron chi connectivity index (χ1n) is 7.06. The van der Waals surface area contributed by atoms with Crippen molar-refractivity contribution >= 4 is 18.3 Å². The van der Waals surface area contributed by atoms with Crippen molar-refractivity contribution in [3.63, 3.8) is 0 Å². The Morgan fingerprint density at radius 3 is 2.68 bits per heavy atom. The lowest BCUT2D eigenvalue weighted by Gasteiger charge is -2.14. The molecule has 7 heteroatoms. The third-order valence-corrected chi connectivity index (χ3v) is 3.14. The molecule has 0 aliphatic heterocycles. The van der Waals surface area contributed by atoms with Gasteiger partial charge in [0.25, 0.3) is 5.89 Å². The molecule has 3 N–H and O–H groups in total. The van der Waals surface area contributed by atoms with E-state index in [1.54, 1.807) is 6.92 Å². The van der Waals surface area contributed by atoms with Crippen molar-refractivity contribution in [2.75, 3.05) is 0 Å². The average molecular weight is 325 g/mol. The van der Waals surface area contributed by atoms with E-state index < -0.39 is 6.04 Å². The van der Waals surface area contributed by atoms with Crippen LogP contribution in [0.1, 0.15) is 38.6 Å². The quantitative estimate of drug-likeness (QED) is 0.851. The van der Waals surface area contributed by atoms with Gasteiger partial charge in [-0.2, -0.15) is 4.98 Å². The van der Waals surface area contributed by atoms with Crippen LogP contribution in [-0.4, -0.2) is 22.1 Å². The van der Waals surface area contributed by atoms with Crippen molar-refractivity contribution in [1.82, 2.24) is 15.5 Å². The molecule has 0 saturated heterocycles. The van der Waals surface area contributed by atoms with E-state index in [4.69, 9.17) is 10.3 Å². The Hall–Kier alpha value is -1.92. The summed E-state index contributed by atoms with van der Waals surface area (Å²) in [4.78, 5) is 16.2. The monoisotopic (exact) mass is 324 g/mol. The SMILES string of the molecule is CCCC(N)C(=O)NC(C)c1noc(-c2ccccc2)n1.Cl. The smallest absolute Gasteiger partial charge is 0.257 e. The molecule has 1 amide bonds. The van der Waals surface area contributed by atoms with Crippen LogP contribution in [0, 0.1) is 0 Å². The number of benzene rings is 1. The lowest BCUT2D eigenvalue weighted by Crippen LogP contribution is -2.41. The Kier molecular flexibility index (Phi) is 7.01. The molecular weight excluding hydrogens is 304 g/mol. The first-order chi connectivity index (χ1) is 10.1. The molecule has 2 aromatic rings. The zero-order valence-corrected chi connectivity index (χ0v) is 13.5. The van der Waals surface area contributed by atoms with Crippen LogP contribution in [0.3, 0.4) is 0 Å². The van der Waals surface area contributed by atoms with Crippen molar-refractivity contribution in [3.8, 4) is 11.5 Å². The molecule has 0 aliphatic carbocycles. The van der Waals surface area contributed by atoms with Gasteiger partial charge in [0.05, 0.1) is 12.1 Å². The van der Waals surface area contributed by atoms with Gasteiger partial charge >= 0.3 is 0 Å². The van der Waals surface area contributed by atoms with E-state index in [0.29, 0.717) is 18.1 Å². The number of amides is 1. The highest BCUT2D eigenvalue weighted by Crippen LogP contribution is 2.18. The minimum absolute atomic E-state index is 0. The minimum Gasteiger partial charge on any atom is -0.345 e. The number of hydrogen-bond acceptors (Lipinski definition) is 5. The second-order valence-corrected chi connectivity index (χ2v) is 4.95. The summed E-state index contributed by atoms with van der Waals surface area (Å²) in [5.41, 5.74) is 6.62. The van der Waals surface area contributed by atoms with Crippen molar-refractivity contribution in [2.45, 2.75) is 38.8 Å². The zero-order chi connectivity index (χ0) is 15.2. The Labute approximate surface area is 135 Å². The van der Waals surface area contributed by atoms with Gasteiger partial charge in [-0.25, -0.2) is 0 Å². The van der Waals surface area contributed by atoms with Crippen molar-refractivity contribution in [2.24, 2.45) is 5.73 Å². The number of nitrogens with one attached hydrogen (secondary N) is 1. The molecule has 0 radical (unpaired) electrons. The number of hydrogen-bond donors (Lipinski definition) is 2. The second-order valence-electron chi connectivity index (χ2n) is 4.95. The van der Waals surface area contributed by atoms with Crippen LogP contribution in [0.4, 0.5) is 0 Å². The topological polar surface area (TPSA) is 94.0 Å². The van der Waals surface area contributed by atoms with E-state index in [-0.39, 0.29) is 24.4 Å². The molecule has 1 heterocycles. The Bertz CT molecular complexity index is 588. The summed E-state index contributed by atoms with van der Waals surface area (Å²) in [7, 11) is 0. The summed E-state index contributed by atoms with van der Waals surface area (Å²) in [5.74, 6) is 0.672. The van der Waals surface area contributed by atoms with Gasteiger partial charge in [0.1, 0.15) is 0 Å². The maximum atomic E-state index is 11.9. The van der Waals surface area contributed by atoms with Crippen molar-refractivity contribution in [3.05, 3.63) is 36.2 Å². The first-order valence-corrected chi connectivity index (χ1v) is 7.06. The van der Waals surface area contributed by atoms with Crippen LogP contribution in [0.15, 0.2) is 34.9 Å². The normalized spacial score (nSPS) is 13.0. The standard InChI is InChI=1S/C15H20N4O2.ClH/c1-3-7-12(16)14(20)17-10(2)13-18-15(21-19-13)11-8-5-4-6-9-11;/h4-6,8-10,12H,3,7,16H2,1-2H3,(H,17,20);1H. The number of aromatic nitrogens is 2. The van der Waals surface area contributed by atoms with Crippen LogP contribution in [0.25, 0.3) is 11.5 Å². The number of rotatable bonds is 6. The third-order valence-electron chi connectivity index (χ3n) is 3.14. The highest BCUT2D eigenvalue weighted by atomic mass is 35.5. The Morgan fingerprint density at radius 2 is 2.05 bits per heavy atom. The van der Waals surface area contributed by atoms with E-state index >= 15 is 0 Å². The zero-order valence-electron chi connectivity index (χ0n) is 12.7. The molecule has 6 nitrogen and oxygen atoms in total. The summed E-state index contributed by atoms with van der Waals surface area (Å²) in [6.07, 6.45) is 1.52. The van der Waals surface area contributed by atoms with Gasteiger partial charge in [0.15, 0.2) is 5.82 Å². The van der Waals surface area contributed by atoms with Crippen molar-refractivity contribution < 1.29 is 9.32 Å². The van der Waals surface area contributed by atoms with Crippen LogP contribution in [-0.2, 0) is 4.79 Å². The summed E-state index contributed by atoms with van der Waals surface area (Å²) in [6, 6.07) is 8.64. The van der Waals surface area contributed by atoms with Gasteiger partial charge in [-0.15, -0.1) is 12.4 Å².